The smallest absolute Gasteiger partial charge is 0.339 e. The highest BCUT2D eigenvalue weighted by atomic mass is 16.4. The van der Waals surface area contributed by atoms with Gasteiger partial charge < -0.3 is 14.8 Å². The van der Waals surface area contributed by atoms with Gasteiger partial charge in [-0.05, 0) is 25.2 Å². The van der Waals surface area contributed by atoms with Crippen LogP contribution in [0.4, 0.5) is 0 Å². The molecule has 1 amide bonds. The summed E-state index contributed by atoms with van der Waals surface area (Å²) in [5, 5.41) is 12.1. The first-order valence-corrected chi connectivity index (χ1v) is 7.68. The summed E-state index contributed by atoms with van der Waals surface area (Å²) < 4.78 is 5.39. The molecule has 1 aromatic rings. The zero-order valence-electron chi connectivity index (χ0n) is 12.6. The minimum Gasteiger partial charge on any atom is -0.478 e. The third-order valence-corrected chi connectivity index (χ3v) is 4.18. The van der Waals surface area contributed by atoms with Crippen LogP contribution in [-0.2, 0) is 6.42 Å². The van der Waals surface area contributed by atoms with Gasteiger partial charge in [0.2, 0.25) is 0 Å². The Hall–Kier alpha value is -1.78. The van der Waals surface area contributed by atoms with E-state index in [9.17, 15) is 9.59 Å². The molecule has 21 heavy (non-hydrogen) atoms. The average molecular weight is 293 g/mol. The molecule has 2 unspecified atom stereocenters. The summed E-state index contributed by atoms with van der Waals surface area (Å²) in [5.41, 5.74) is 0.0807. The summed E-state index contributed by atoms with van der Waals surface area (Å²) in [6, 6.07) is 1.49. The molecule has 1 aromatic heterocycles. The topological polar surface area (TPSA) is 79.5 Å². The number of nitrogens with one attached hydrogen (secondary N) is 1. The fourth-order valence-corrected chi connectivity index (χ4v) is 2.87. The van der Waals surface area contributed by atoms with Gasteiger partial charge in [0, 0.05) is 18.5 Å². The first kappa shape index (κ1) is 15.6. The Morgan fingerprint density at radius 3 is 2.71 bits per heavy atom. The van der Waals surface area contributed by atoms with Crippen LogP contribution < -0.4 is 5.32 Å². The first-order chi connectivity index (χ1) is 10.0. The van der Waals surface area contributed by atoms with E-state index in [4.69, 9.17) is 9.52 Å². The lowest BCUT2D eigenvalue weighted by Crippen LogP contribution is -2.34. The van der Waals surface area contributed by atoms with Gasteiger partial charge in [-0.1, -0.05) is 26.7 Å². The number of carboxylic acids is 1. The molecule has 1 aliphatic rings. The lowest BCUT2D eigenvalue weighted by Gasteiger charge is -2.15. The van der Waals surface area contributed by atoms with Crippen molar-refractivity contribution in [2.24, 2.45) is 5.92 Å². The molecule has 1 saturated carbocycles. The molecule has 0 radical (unpaired) electrons. The monoisotopic (exact) mass is 293 g/mol. The Morgan fingerprint density at radius 2 is 2.10 bits per heavy atom. The highest BCUT2D eigenvalue weighted by Crippen LogP contribution is 2.23. The van der Waals surface area contributed by atoms with Crippen LogP contribution in [0.5, 0.6) is 0 Å². The predicted molar refractivity (Wildman–Crippen MR) is 78.5 cm³/mol. The molecule has 5 nitrogen and oxygen atoms in total. The Balaban J connectivity index is 2.04. The van der Waals surface area contributed by atoms with Crippen LogP contribution in [0.15, 0.2) is 10.5 Å². The van der Waals surface area contributed by atoms with Crippen molar-refractivity contribution in [3.8, 4) is 0 Å². The maximum atomic E-state index is 12.2. The molecule has 1 aliphatic carbocycles. The van der Waals surface area contributed by atoms with Gasteiger partial charge in [0.1, 0.15) is 11.3 Å². The van der Waals surface area contributed by atoms with Crippen LogP contribution in [0.2, 0.25) is 0 Å². The number of carboxylic acid groups (broad SMARTS) is 1. The van der Waals surface area contributed by atoms with Crippen LogP contribution in [0, 0.1) is 5.92 Å². The SMILES string of the molecule is CCc1oc(C(=O)NC2CCCC(C)CC2)cc1C(=O)O. The molecule has 0 aromatic carbocycles. The summed E-state index contributed by atoms with van der Waals surface area (Å²) in [4.78, 5) is 23.3. The van der Waals surface area contributed by atoms with Crippen LogP contribution in [0.1, 0.15) is 72.6 Å². The molecule has 1 heterocycles. The lowest BCUT2D eigenvalue weighted by atomic mass is 10.0. The summed E-state index contributed by atoms with van der Waals surface area (Å²) >= 11 is 0. The van der Waals surface area contributed by atoms with Crippen LogP contribution in [-0.4, -0.2) is 23.0 Å². The third-order valence-electron chi connectivity index (χ3n) is 4.18. The molecule has 0 aliphatic heterocycles. The van der Waals surface area contributed by atoms with Gasteiger partial charge in [0.05, 0.1) is 0 Å². The van der Waals surface area contributed by atoms with E-state index in [1.165, 1.54) is 12.5 Å². The number of carbonyl (C=O) groups is 2. The Labute approximate surface area is 124 Å². The maximum Gasteiger partial charge on any atom is 0.339 e. The van der Waals surface area contributed by atoms with E-state index in [1.54, 1.807) is 6.92 Å². The van der Waals surface area contributed by atoms with Crippen molar-refractivity contribution in [1.29, 1.82) is 0 Å². The van der Waals surface area contributed by atoms with Crippen molar-refractivity contribution in [3.05, 3.63) is 23.2 Å². The second-order valence-corrected chi connectivity index (χ2v) is 5.89. The zero-order chi connectivity index (χ0) is 15.4. The van der Waals surface area contributed by atoms with Gasteiger partial charge in [-0.2, -0.15) is 0 Å². The number of carbonyl (C=O) groups excluding carboxylic acids is 1. The molecule has 2 rings (SSSR count). The van der Waals surface area contributed by atoms with Gasteiger partial charge in [-0.15, -0.1) is 0 Å². The number of rotatable bonds is 4. The van der Waals surface area contributed by atoms with Crippen LogP contribution >= 0.6 is 0 Å². The summed E-state index contributed by atoms with van der Waals surface area (Å²) in [5.74, 6) is -0.209. The van der Waals surface area contributed by atoms with Crippen LogP contribution in [0.3, 0.4) is 0 Å². The molecule has 0 saturated heterocycles. The van der Waals surface area contributed by atoms with Crippen molar-refractivity contribution in [1.82, 2.24) is 5.32 Å². The van der Waals surface area contributed by atoms with E-state index in [-0.39, 0.29) is 23.3 Å². The van der Waals surface area contributed by atoms with E-state index in [2.05, 4.69) is 12.2 Å². The highest BCUT2D eigenvalue weighted by molar-refractivity contribution is 5.96. The summed E-state index contributed by atoms with van der Waals surface area (Å²) in [7, 11) is 0. The van der Waals surface area contributed by atoms with Crippen LogP contribution in [0.25, 0.3) is 0 Å². The first-order valence-electron chi connectivity index (χ1n) is 7.68. The number of aromatic carboxylic acids is 1. The minimum absolute atomic E-state index is 0.0807. The second-order valence-electron chi connectivity index (χ2n) is 5.89. The van der Waals surface area contributed by atoms with E-state index >= 15 is 0 Å². The van der Waals surface area contributed by atoms with Gasteiger partial charge in [0.25, 0.3) is 5.91 Å². The van der Waals surface area contributed by atoms with Gasteiger partial charge >= 0.3 is 5.97 Å². The number of furan rings is 1. The number of hydrogen-bond acceptors (Lipinski definition) is 3. The quantitative estimate of drug-likeness (QED) is 0.835. The fourth-order valence-electron chi connectivity index (χ4n) is 2.87. The van der Waals surface area contributed by atoms with E-state index < -0.39 is 5.97 Å². The molecule has 1 fully saturated rings. The number of amides is 1. The standard InChI is InChI=1S/C16H23NO4/c1-3-13-12(16(19)20)9-14(21-13)15(18)17-11-6-4-5-10(2)7-8-11/h9-11H,3-8H2,1-2H3,(H,17,18)(H,19,20). The molecule has 0 spiro atoms. The molecule has 2 atom stereocenters. The zero-order valence-corrected chi connectivity index (χ0v) is 12.6. The largest absolute Gasteiger partial charge is 0.478 e. The summed E-state index contributed by atoms with van der Waals surface area (Å²) in [6.45, 7) is 4.04. The minimum atomic E-state index is -1.06. The molecule has 0 bridgehead atoms. The number of aryl methyl sites for hydroxylation is 1. The van der Waals surface area contributed by atoms with Crippen molar-refractivity contribution >= 4 is 11.9 Å². The second kappa shape index (κ2) is 6.78. The fraction of sp³-hybridized carbons (Fsp3) is 0.625. The maximum absolute atomic E-state index is 12.2. The highest BCUT2D eigenvalue weighted by Gasteiger charge is 2.23. The lowest BCUT2D eigenvalue weighted by molar-refractivity contribution is 0.0694. The van der Waals surface area contributed by atoms with Gasteiger partial charge in [0.15, 0.2) is 5.76 Å². The predicted octanol–water partition coefficient (Wildman–Crippen LogP) is 3.24. The van der Waals surface area contributed by atoms with Gasteiger partial charge in [-0.25, -0.2) is 4.79 Å². The van der Waals surface area contributed by atoms with Crippen molar-refractivity contribution in [3.63, 3.8) is 0 Å². The average Bonchev–Trinajstić information content (AvgIpc) is 2.79. The van der Waals surface area contributed by atoms with Gasteiger partial charge in [-0.3, -0.25) is 4.79 Å². The normalized spacial score (nSPS) is 22.6. The van der Waals surface area contributed by atoms with E-state index in [0.29, 0.717) is 18.1 Å². The summed E-state index contributed by atoms with van der Waals surface area (Å²) in [6.07, 6.45) is 5.84. The molecule has 2 N–H and O–H groups in total. The Bertz CT molecular complexity index is 520. The van der Waals surface area contributed by atoms with Crippen molar-refractivity contribution < 1.29 is 19.1 Å². The third kappa shape index (κ3) is 3.86. The molecule has 5 heteroatoms. The Morgan fingerprint density at radius 1 is 1.33 bits per heavy atom. The van der Waals surface area contributed by atoms with Crippen molar-refractivity contribution in [2.45, 2.75) is 58.4 Å². The number of hydrogen-bond donors (Lipinski definition) is 2. The molecular weight excluding hydrogens is 270 g/mol. The van der Waals surface area contributed by atoms with E-state index in [0.717, 1.165) is 25.7 Å². The molecular formula is C16H23NO4. The Kier molecular flexibility index (Phi) is 5.04. The van der Waals surface area contributed by atoms with E-state index in [1.807, 2.05) is 0 Å². The molecule has 116 valence electrons. The van der Waals surface area contributed by atoms with Crippen molar-refractivity contribution in [2.75, 3.05) is 0 Å².